The minimum atomic E-state index is -0.305. The summed E-state index contributed by atoms with van der Waals surface area (Å²) in [6.07, 6.45) is 15.1. The zero-order valence-electron chi connectivity index (χ0n) is 11.9. The van der Waals surface area contributed by atoms with Gasteiger partial charge in [-0.1, -0.05) is 78.3 Å². The number of hydrogen-bond donors (Lipinski definition) is 0. The van der Waals surface area contributed by atoms with Gasteiger partial charge in [-0.25, -0.2) is 0 Å². The highest BCUT2D eigenvalue weighted by Crippen LogP contribution is 2.39. The Hall–Kier alpha value is -0.420. The predicted octanol–water partition coefficient (Wildman–Crippen LogP) is 6.29. The SMILES string of the molecule is CCCCCCCCCCCCp1cccc1[N]. The summed E-state index contributed by atoms with van der Waals surface area (Å²) in [4.78, 5) is 0. The van der Waals surface area contributed by atoms with Gasteiger partial charge in [0.15, 0.2) is 0 Å². The van der Waals surface area contributed by atoms with Crippen molar-refractivity contribution in [1.29, 1.82) is 0 Å². The molecule has 2 radical (unpaired) electrons. The fourth-order valence-corrected chi connectivity index (χ4v) is 4.03. The van der Waals surface area contributed by atoms with Crippen molar-refractivity contribution in [1.82, 2.24) is 5.73 Å². The molecule has 0 fully saturated rings. The number of unbranched alkanes of at least 4 members (excludes halogenated alkanes) is 9. The van der Waals surface area contributed by atoms with E-state index in [2.05, 4.69) is 12.7 Å². The van der Waals surface area contributed by atoms with E-state index in [9.17, 15) is 5.73 Å². The van der Waals surface area contributed by atoms with Gasteiger partial charge in [-0.05, 0) is 24.4 Å². The highest BCUT2D eigenvalue weighted by atomic mass is 31.1. The first-order valence-corrected chi connectivity index (χ1v) is 9.28. The van der Waals surface area contributed by atoms with E-state index >= 15 is 0 Å². The zero-order chi connectivity index (χ0) is 13.1. The van der Waals surface area contributed by atoms with E-state index < -0.39 is 0 Å². The monoisotopic (exact) mass is 265 g/mol. The second-order valence-electron chi connectivity index (χ2n) is 5.24. The van der Waals surface area contributed by atoms with Gasteiger partial charge in [0.25, 0.3) is 0 Å². The molecule has 102 valence electrons. The lowest BCUT2D eigenvalue weighted by molar-refractivity contribution is 0.560. The Balaban J connectivity index is 1.83. The third-order valence-electron chi connectivity index (χ3n) is 3.56. The van der Waals surface area contributed by atoms with Crippen molar-refractivity contribution in [3.05, 3.63) is 17.9 Å². The summed E-state index contributed by atoms with van der Waals surface area (Å²) in [6, 6.07) is 3.85. The van der Waals surface area contributed by atoms with Crippen LogP contribution in [0, 0.1) is 0 Å². The van der Waals surface area contributed by atoms with Crippen LogP contribution in [0.5, 0.6) is 0 Å². The molecule has 0 N–H and O–H groups in total. The standard InChI is InChI=1S/C16H28NP/c1-2-3-4-5-6-7-8-9-10-11-14-18-15-12-13-16(18)17/h12-13,15H,2-11,14H2,1H3. The first kappa shape index (κ1) is 15.6. The van der Waals surface area contributed by atoms with E-state index in [1.807, 2.05) is 12.1 Å². The van der Waals surface area contributed by atoms with Gasteiger partial charge >= 0.3 is 0 Å². The molecular weight excluding hydrogens is 237 g/mol. The van der Waals surface area contributed by atoms with Crippen LogP contribution >= 0.6 is 7.53 Å². The second kappa shape index (κ2) is 10.5. The Kier molecular flexibility index (Phi) is 9.12. The third kappa shape index (κ3) is 7.11. The van der Waals surface area contributed by atoms with Crippen molar-refractivity contribution in [3.63, 3.8) is 0 Å². The molecule has 0 bridgehead atoms. The van der Waals surface area contributed by atoms with Crippen LogP contribution < -0.4 is 5.73 Å². The molecule has 1 heterocycles. The normalized spacial score (nSPS) is 11.9. The maximum absolute atomic E-state index is 9.56. The largest absolute Gasteiger partial charge is 0.146 e. The Labute approximate surface area is 114 Å². The van der Waals surface area contributed by atoms with Crippen molar-refractivity contribution in [2.45, 2.75) is 77.3 Å². The summed E-state index contributed by atoms with van der Waals surface area (Å²) in [6.45, 7) is 2.27. The topological polar surface area (TPSA) is 22.3 Å². The van der Waals surface area contributed by atoms with Gasteiger partial charge in [0.05, 0.1) is 0 Å². The van der Waals surface area contributed by atoms with Crippen molar-refractivity contribution in [2.24, 2.45) is 0 Å². The summed E-state index contributed by atoms with van der Waals surface area (Å²) in [7, 11) is -0.305. The van der Waals surface area contributed by atoms with Crippen molar-refractivity contribution in [3.8, 4) is 0 Å². The van der Waals surface area contributed by atoms with E-state index in [1.165, 1.54) is 70.4 Å². The zero-order valence-corrected chi connectivity index (χ0v) is 12.8. The van der Waals surface area contributed by atoms with Crippen LogP contribution in [-0.2, 0) is 6.16 Å². The molecule has 0 saturated carbocycles. The molecule has 0 amide bonds. The lowest BCUT2D eigenvalue weighted by atomic mass is 10.1. The molecule has 1 unspecified atom stereocenters. The van der Waals surface area contributed by atoms with Crippen LogP contribution in [0.3, 0.4) is 0 Å². The number of nitrogens with zero attached hydrogens (tertiary/aromatic N) is 1. The molecule has 0 aliphatic rings. The second-order valence-corrected chi connectivity index (χ2v) is 7.38. The van der Waals surface area contributed by atoms with E-state index in [1.54, 1.807) is 0 Å². The van der Waals surface area contributed by atoms with Crippen LogP contribution in [0.25, 0.3) is 0 Å². The lowest BCUT2D eigenvalue weighted by Gasteiger charge is -2.02. The molecule has 0 aliphatic heterocycles. The Morgan fingerprint density at radius 2 is 1.44 bits per heavy atom. The third-order valence-corrected chi connectivity index (χ3v) is 5.63. The van der Waals surface area contributed by atoms with Crippen LogP contribution in [0.1, 0.15) is 71.1 Å². The molecule has 1 atom stereocenters. The first-order valence-electron chi connectivity index (χ1n) is 7.68. The minimum absolute atomic E-state index is 0.305. The summed E-state index contributed by atoms with van der Waals surface area (Å²) in [5.74, 6) is 2.18. The molecule has 1 nitrogen and oxygen atoms in total. The summed E-state index contributed by atoms with van der Waals surface area (Å²) >= 11 is 0. The Morgan fingerprint density at radius 3 is 1.94 bits per heavy atom. The smallest absolute Gasteiger partial charge is 0.104 e. The highest BCUT2D eigenvalue weighted by Gasteiger charge is 1.99. The summed E-state index contributed by atoms with van der Waals surface area (Å²) in [5.41, 5.74) is 10.2. The van der Waals surface area contributed by atoms with Crippen LogP contribution in [0.15, 0.2) is 17.9 Å². The van der Waals surface area contributed by atoms with E-state index in [0.29, 0.717) is 5.42 Å². The molecule has 0 aliphatic carbocycles. The Bertz CT molecular complexity index is 293. The number of rotatable bonds is 11. The van der Waals surface area contributed by atoms with Gasteiger partial charge in [0, 0.05) is 0 Å². The van der Waals surface area contributed by atoms with Gasteiger partial charge in [0.1, 0.15) is 5.42 Å². The molecule has 0 saturated heterocycles. The van der Waals surface area contributed by atoms with E-state index in [-0.39, 0.29) is 7.53 Å². The number of hydrogen-bond acceptors (Lipinski definition) is 0. The molecule has 2 heteroatoms. The summed E-state index contributed by atoms with van der Waals surface area (Å²) in [5, 5.41) is 0. The number of aryl methyl sites for hydroxylation is 1. The quantitative estimate of drug-likeness (QED) is 0.419. The Morgan fingerprint density at radius 1 is 0.889 bits per heavy atom. The van der Waals surface area contributed by atoms with Crippen molar-refractivity contribution >= 4 is 13.0 Å². The molecule has 0 aromatic carbocycles. The van der Waals surface area contributed by atoms with Crippen LogP contribution in [0.4, 0.5) is 5.42 Å². The average Bonchev–Trinajstić information content (AvgIpc) is 2.77. The molecular formula is C16H28NP. The van der Waals surface area contributed by atoms with Gasteiger partial charge in [0.2, 0.25) is 0 Å². The van der Waals surface area contributed by atoms with E-state index in [0.717, 1.165) is 0 Å². The summed E-state index contributed by atoms with van der Waals surface area (Å²) < 4.78 is 0. The van der Waals surface area contributed by atoms with Crippen molar-refractivity contribution in [2.75, 3.05) is 0 Å². The van der Waals surface area contributed by atoms with Gasteiger partial charge in [-0.15, -0.1) is 5.73 Å². The molecule has 0 spiro atoms. The van der Waals surface area contributed by atoms with Crippen LogP contribution in [-0.4, -0.2) is 0 Å². The molecule has 1 aromatic rings. The fraction of sp³-hybridized carbons (Fsp3) is 0.750. The van der Waals surface area contributed by atoms with Crippen molar-refractivity contribution < 1.29 is 0 Å². The van der Waals surface area contributed by atoms with E-state index in [4.69, 9.17) is 0 Å². The maximum Gasteiger partial charge on any atom is 0.104 e. The van der Waals surface area contributed by atoms with Gasteiger partial charge in [-0.2, -0.15) is 0 Å². The van der Waals surface area contributed by atoms with Gasteiger partial charge in [-0.3, -0.25) is 0 Å². The average molecular weight is 265 g/mol. The molecule has 18 heavy (non-hydrogen) atoms. The lowest BCUT2D eigenvalue weighted by Crippen LogP contribution is -1.81. The molecule has 1 rings (SSSR count). The minimum Gasteiger partial charge on any atom is -0.146 e. The highest BCUT2D eigenvalue weighted by molar-refractivity contribution is 7.51. The maximum atomic E-state index is 9.56. The first-order chi connectivity index (χ1) is 8.84. The predicted molar refractivity (Wildman–Crippen MR) is 82.8 cm³/mol. The fourth-order valence-electron chi connectivity index (χ4n) is 2.36. The van der Waals surface area contributed by atoms with Crippen LogP contribution in [0.2, 0.25) is 0 Å². The van der Waals surface area contributed by atoms with Gasteiger partial charge < -0.3 is 0 Å². The molecule has 1 aromatic heterocycles.